The van der Waals surface area contributed by atoms with Gasteiger partial charge in [-0.15, -0.1) is 0 Å². The van der Waals surface area contributed by atoms with E-state index in [1.807, 2.05) is 0 Å². The zero-order valence-corrected chi connectivity index (χ0v) is 25.2. The molecule has 0 saturated heterocycles. The van der Waals surface area contributed by atoms with Gasteiger partial charge in [0, 0.05) is 0 Å². The van der Waals surface area contributed by atoms with Crippen LogP contribution in [-0.4, -0.2) is 98.1 Å². The van der Waals surface area contributed by atoms with Gasteiger partial charge in [0.25, 0.3) is 0 Å². The summed E-state index contributed by atoms with van der Waals surface area (Å²) >= 11 is 0. The third-order valence-electron chi connectivity index (χ3n) is 5.37. The summed E-state index contributed by atoms with van der Waals surface area (Å²) in [4.78, 5) is 9.50. The molecular formula is C24H60N4Zr+4. The van der Waals surface area contributed by atoms with Gasteiger partial charge in [0.2, 0.25) is 0 Å². The minimum Gasteiger partial charge on any atom is -0.304 e. The number of hydrogen-bond acceptors (Lipinski definition) is 4. The Labute approximate surface area is 206 Å². The zero-order valence-electron chi connectivity index (χ0n) is 22.8. The van der Waals surface area contributed by atoms with Gasteiger partial charge in [-0.1, -0.05) is 83.1 Å². The Hall–Kier alpha value is 0.723. The van der Waals surface area contributed by atoms with Crippen molar-refractivity contribution in [2.45, 2.75) is 83.1 Å². The van der Waals surface area contributed by atoms with Crippen molar-refractivity contribution in [2.75, 3.05) is 78.5 Å². The van der Waals surface area contributed by atoms with Crippen LogP contribution in [0.5, 0.6) is 0 Å². The van der Waals surface area contributed by atoms with Crippen molar-refractivity contribution in [3.05, 3.63) is 0 Å². The average molecular weight is 496 g/mol. The molecule has 0 spiro atoms. The summed E-state index contributed by atoms with van der Waals surface area (Å²) in [7, 11) is 0. The van der Waals surface area contributed by atoms with E-state index in [2.05, 4.69) is 103 Å². The zero-order chi connectivity index (χ0) is 22.8. The normalized spacial score (nSPS) is 9.93. The fraction of sp³-hybridized carbons (Fsp3) is 1.00. The van der Waals surface area contributed by atoms with Crippen LogP contribution in [0.1, 0.15) is 83.1 Å². The van der Waals surface area contributed by atoms with Crippen LogP contribution in [0.15, 0.2) is 0 Å². The Morgan fingerprint density at radius 2 is 0.310 bits per heavy atom. The van der Waals surface area contributed by atoms with Crippen LogP contribution in [-0.2, 0) is 26.2 Å². The molecule has 0 saturated carbocycles. The largest absolute Gasteiger partial charge is 4.00 e. The van der Waals surface area contributed by atoms with Crippen LogP contribution in [0.3, 0.4) is 0 Å². The Bertz CT molecular complexity index is 157. The molecule has 0 N–H and O–H groups in total. The minimum absolute atomic E-state index is 0. The van der Waals surface area contributed by atoms with Gasteiger partial charge < -0.3 is 19.6 Å². The van der Waals surface area contributed by atoms with E-state index in [4.69, 9.17) is 0 Å². The summed E-state index contributed by atoms with van der Waals surface area (Å²) in [6, 6.07) is 0. The second-order valence-corrected chi connectivity index (χ2v) is 6.48. The molecule has 0 aromatic carbocycles. The fourth-order valence-corrected chi connectivity index (χ4v) is 2.68. The van der Waals surface area contributed by atoms with Gasteiger partial charge in [-0.05, 0) is 78.5 Å². The smallest absolute Gasteiger partial charge is 0.304 e. The van der Waals surface area contributed by atoms with Crippen molar-refractivity contribution in [2.24, 2.45) is 0 Å². The molecule has 0 fully saturated rings. The Balaban J connectivity index is -0.0000000873. The Kier molecular flexibility index (Phi) is 50.0. The number of nitrogens with zero attached hydrogens (tertiary/aromatic N) is 4. The van der Waals surface area contributed by atoms with E-state index < -0.39 is 0 Å². The van der Waals surface area contributed by atoms with Gasteiger partial charge in [-0.25, -0.2) is 0 Å². The van der Waals surface area contributed by atoms with Crippen LogP contribution in [0.25, 0.3) is 0 Å². The molecule has 0 bridgehead atoms. The molecular weight excluding hydrogens is 436 g/mol. The first kappa shape index (κ1) is 40.1. The van der Waals surface area contributed by atoms with Crippen LogP contribution in [0.2, 0.25) is 0 Å². The number of rotatable bonds is 12. The van der Waals surface area contributed by atoms with Crippen molar-refractivity contribution in [3.8, 4) is 0 Å². The second kappa shape index (κ2) is 36.1. The summed E-state index contributed by atoms with van der Waals surface area (Å²) in [6.07, 6.45) is 0. The summed E-state index contributed by atoms with van der Waals surface area (Å²) in [5.74, 6) is 0. The van der Waals surface area contributed by atoms with E-state index in [1.165, 1.54) is 78.5 Å². The predicted octanol–water partition coefficient (Wildman–Crippen LogP) is 5.39. The van der Waals surface area contributed by atoms with Gasteiger partial charge in [-0.3, -0.25) is 0 Å². The molecule has 29 heavy (non-hydrogen) atoms. The standard InChI is InChI=1S/4C6H15N.Zr/c4*1-4-7(5-2)6-3;/h4*4-6H2,1-3H3;/q;;;;+4. The maximum atomic E-state index is 2.38. The van der Waals surface area contributed by atoms with Crippen molar-refractivity contribution in [3.63, 3.8) is 0 Å². The molecule has 0 radical (unpaired) electrons. The third kappa shape index (κ3) is 33.6. The first-order chi connectivity index (χ1) is 13.4. The van der Waals surface area contributed by atoms with Gasteiger partial charge >= 0.3 is 26.2 Å². The molecule has 0 aromatic rings. The van der Waals surface area contributed by atoms with E-state index >= 15 is 0 Å². The molecule has 176 valence electrons. The Morgan fingerprint density at radius 3 is 0.310 bits per heavy atom. The maximum Gasteiger partial charge on any atom is 4.00 e. The molecule has 0 aliphatic carbocycles. The molecule has 0 aliphatic heterocycles. The predicted molar refractivity (Wildman–Crippen MR) is 134 cm³/mol. The Morgan fingerprint density at radius 1 is 0.241 bits per heavy atom. The van der Waals surface area contributed by atoms with Crippen molar-refractivity contribution in [1.82, 2.24) is 19.6 Å². The summed E-state index contributed by atoms with van der Waals surface area (Å²) in [6.45, 7) is 40.5. The third-order valence-corrected chi connectivity index (χ3v) is 5.37. The van der Waals surface area contributed by atoms with Gasteiger partial charge in [0.05, 0.1) is 0 Å². The van der Waals surface area contributed by atoms with Crippen molar-refractivity contribution >= 4 is 0 Å². The number of hydrogen-bond donors (Lipinski definition) is 0. The quantitative estimate of drug-likeness (QED) is 0.360. The van der Waals surface area contributed by atoms with E-state index in [1.54, 1.807) is 0 Å². The summed E-state index contributed by atoms with van der Waals surface area (Å²) in [5, 5.41) is 0. The van der Waals surface area contributed by atoms with Gasteiger partial charge in [-0.2, -0.15) is 0 Å². The van der Waals surface area contributed by atoms with Crippen molar-refractivity contribution in [1.29, 1.82) is 0 Å². The fourth-order valence-electron chi connectivity index (χ4n) is 2.68. The van der Waals surface area contributed by atoms with Gasteiger partial charge in [0.1, 0.15) is 0 Å². The van der Waals surface area contributed by atoms with Gasteiger partial charge in [0.15, 0.2) is 0 Å². The van der Waals surface area contributed by atoms with E-state index in [0.29, 0.717) is 0 Å². The molecule has 0 rings (SSSR count). The second-order valence-electron chi connectivity index (χ2n) is 6.48. The molecule has 5 heteroatoms. The van der Waals surface area contributed by atoms with Crippen LogP contribution < -0.4 is 0 Å². The molecule has 0 heterocycles. The van der Waals surface area contributed by atoms with Crippen LogP contribution >= 0.6 is 0 Å². The molecule has 0 atom stereocenters. The maximum absolute atomic E-state index is 2.38. The molecule has 0 aromatic heterocycles. The van der Waals surface area contributed by atoms with E-state index in [-0.39, 0.29) is 26.2 Å². The summed E-state index contributed by atoms with van der Waals surface area (Å²) in [5.41, 5.74) is 0. The molecule has 0 unspecified atom stereocenters. The van der Waals surface area contributed by atoms with E-state index in [9.17, 15) is 0 Å². The average Bonchev–Trinajstić information content (AvgIpc) is 2.75. The van der Waals surface area contributed by atoms with Crippen LogP contribution in [0.4, 0.5) is 0 Å². The minimum atomic E-state index is 0. The van der Waals surface area contributed by atoms with E-state index in [0.717, 1.165) is 0 Å². The molecule has 0 aliphatic rings. The monoisotopic (exact) mass is 494 g/mol. The SMILES string of the molecule is CCN(CC)CC.CCN(CC)CC.CCN(CC)CC.CCN(CC)CC.[Zr+4]. The first-order valence-electron chi connectivity index (χ1n) is 12.3. The topological polar surface area (TPSA) is 13.0 Å². The first-order valence-corrected chi connectivity index (χ1v) is 12.3. The molecule has 0 amide bonds. The van der Waals surface area contributed by atoms with Crippen LogP contribution in [0, 0.1) is 0 Å². The molecule has 4 nitrogen and oxygen atoms in total. The summed E-state index contributed by atoms with van der Waals surface area (Å²) < 4.78 is 0. The van der Waals surface area contributed by atoms with Crippen molar-refractivity contribution < 1.29 is 26.2 Å².